The molecule has 1 fully saturated rings. The van der Waals surface area contributed by atoms with E-state index in [1.807, 2.05) is 11.0 Å². The van der Waals surface area contributed by atoms with Gasteiger partial charge < -0.3 is 9.64 Å². The number of hydrogen-bond donors (Lipinski definition) is 2. The Balaban J connectivity index is 1.66. The van der Waals surface area contributed by atoms with Crippen molar-refractivity contribution in [1.82, 2.24) is 15.4 Å². The maximum Gasteiger partial charge on any atom is 0.355 e. The Hall–Kier alpha value is -3.43. The molecule has 10 nitrogen and oxygen atoms in total. The van der Waals surface area contributed by atoms with Gasteiger partial charge in [0.05, 0.1) is 4.92 Å². The van der Waals surface area contributed by atoms with E-state index in [9.17, 15) is 14.9 Å². The van der Waals surface area contributed by atoms with Gasteiger partial charge in [0.2, 0.25) is 11.6 Å². The highest BCUT2D eigenvalue weighted by atomic mass is 16.6. The molecule has 0 aliphatic carbocycles. The number of nitrogens with one attached hydrogen (secondary N) is 2. The number of nitrogens with zero attached hydrogens (tertiary/aromatic N) is 4. The summed E-state index contributed by atoms with van der Waals surface area (Å²) in [4.78, 5) is 33.0. The van der Waals surface area contributed by atoms with Gasteiger partial charge in [-0.1, -0.05) is 31.0 Å². The van der Waals surface area contributed by atoms with Gasteiger partial charge in [-0.05, 0) is 25.0 Å². The molecule has 1 aliphatic heterocycles. The lowest BCUT2D eigenvalue weighted by atomic mass is 10.2. The molecule has 0 atom stereocenters. The molecule has 2 heterocycles. The fraction of sp³-hybridized carbons (Fsp3) is 0.389. The van der Waals surface area contributed by atoms with Crippen LogP contribution in [0.4, 0.5) is 17.3 Å². The first-order valence-electron chi connectivity index (χ1n) is 9.12. The van der Waals surface area contributed by atoms with Gasteiger partial charge in [0.25, 0.3) is 5.91 Å². The van der Waals surface area contributed by atoms with Gasteiger partial charge in [-0.25, -0.2) is 9.97 Å². The first-order valence-corrected chi connectivity index (χ1v) is 9.12. The molecule has 0 saturated carbocycles. The average molecular weight is 386 g/mol. The van der Waals surface area contributed by atoms with Crippen LogP contribution in [0.3, 0.4) is 0 Å². The van der Waals surface area contributed by atoms with Crippen molar-refractivity contribution in [3.05, 3.63) is 46.8 Å². The van der Waals surface area contributed by atoms with Crippen molar-refractivity contribution in [3.63, 3.8) is 0 Å². The molecule has 0 spiro atoms. The minimum absolute atomic E-state index is 0.0627. The number of hydrazine groups is 1. The van der Waals surface area contributed by atoms with Crippen molar-refractivity contribution in [2.75, 3.05) is 30.0 Å². The molecule has 28 heavy (non-hydrogen) atoms. The summed E-state index contributed by atoms with van der Waals surface area (Å²) in [6.07, 6.45) is 5.35. The van der Waals surface area contributed by atoms with Crippen LogP contribution in [0.25, 0.3) is 0 Å². The lowest BCUT2D eigenvalue weighted by Crippen LogP contribution is -2.34. The Labute approximate surface area is 162 Å². The zero-order valence-corrected chi connectivity index (χ0v) is 15.3. The predicted molar refractivity (Wildman–Crippen MR) is 103 cm³/mol. The minimum Gasteiger partial charge on any atom is -0.484 e. The summed E-state index contributed by atoms with van der Waals surface area (Å²) in [6, 6.07) is 8.87. The normalized spacial score (nSPS) is 14.1. The summed E-state index contributed by atoms with van der Waals surface area (Å²) in [6.45, 7) is 1.16. The molecule has 3 rings (SSSR count). The monoisotopic (exact) mass is 386 g/mol. The predicted octanol–water partition coefficient (Wildman–Crippen LogP) is 2.29. The van der Waals surface area contributed by atoms with Crippen LogP contribution in [-0.2, 0) is 4.79 Å². The van der Waals surface area contributed by atoms with Crippen LogP contribution in [0.5, 0.6) is 5.75 Å². The molecule has 2 N–H and O–H groups in total. The van der Waals surface area contributed by atoms with Crippen molar-refractivity contribution in [3.8, 4) is 5.75 Å². The van der Waals surface area contributed by atoms with Gasteiger partial charge in [0.1, 0.15) is 12.1 Å². The van der Waals surface area contributed by atoms with E-state index in [0.29, 0.717) is 18.8 Å². The largest absolute Gasteiger partial charge is 0.484 e. The number of anilines is 2. The third-order valence-corrected chi connectivity index (χ3v) is 4.32. The average Bonchev–Trinajstić information content (AvgIpc) is 3.00. The van der Waals surface area contributed by atoms with Crippen LogP contribution < -0.4 is 20.5 Å². The maximum atomic E-state index is 12.0. The molecule has 1 saturated heterocycles. The lowest BCUT2D eigenvalue weighted by molar-refractivity contribution is -0.383. The van der Waals surface area contributed by atoms with Crippen molar-refractivity contribution in [2.45, 2.75) is 25.7 Å². The lowest BCUT2D eigenvalue weighted by Gasteiger charge is -2.21. The van der Waals surface area contributed by atoms with Crippen LogP contribution in [-0.4, -0.2) is 40.5 Å². The highest BCUT2D eigenvalue weighted by Gasteiger charge is 2.27. The number of para-hydroxylation sites is 1. The molecule has 0 bridgehead atoms. The highest BCUT2D eigenvalue weighted by molar-refractivity contribution is 5.80. The third-order valence-electron chi connectivity index (χ3n) is 4.32. The summed E-state index contributed by atoms with van der Waals surface area (Å²) in [5, 5.41) is 11.6. The topological polar surface area (TPSA) is 123 Å². The van der Waals surface area contributed by atoms with Crippen molar-refractivity contribution in [2.24, 2.45) is 0 Å². The highest BCUT2D eigenvalue weighted by Crippen LogP contribution is 2.32. The second kappa shape index (κ2) is 9.49. The molecule has 0 unspecified atom stereocenters. The quantitative estimate of drug-likeness (QED) is 0.549. The molecule has 1 aliphatic rings. The van der Waals surface area contributed by atoms with E-state index in [1.165, 1.54) is 6.33 Å². The first kappa shape index (κ1) is 19.3. The molecule has 10 heteroatoms. The van der Waals surface area contributed by atoms with Crippen molar-refractivity contribution >= 4 is 23.2 Å². The Kier molecular flexibility index (Phi) is 6.55. The fourth-order valence-electron chi connectivity index (χ4n) is 2.97. The molecule has 0 radical (unpaired) electrons. The number of hydrogen-bond acceptors (Lipinski definition) is 8. The molecule has 2 aromatic rings. The Bertz CT molecular complexity index is 809. The second-order valence-electron chi connectivity index (χ2n) is 6.33. The van der Waals surface area contributed by atoms with Gasteiger partial charge in [-0.15, -0.1) is 0 Å². The number of aromatic nitrogens is 2. The van der Waals surface area contributed by atoms with Crippen LogP contribution in [0.15, 0.2) is 36.7 Å². The van der Waals surface area contributed by atoms with Crippen LogP contribution in [0.1, 0.15) is 25.7 Å². The van der Waals surface area contributed by atoms with Crippen molar-refractivity contribution < 1.29 is 14.5 Å². The number of carbonyl (C=O) groups excluding carboxylic acids is 1. The zero-order valence-electron chi connectivity index (χ0n) is 15.3. The number of benzene rings is 1. The molecule has 1 amide bonds. The van der Waals surface area contributed by atoms with E-state index in [2.05, 4.69) is 20.8 Å². The van der Waals surface area contributed by atoms with Crippen LogP contribution in [0, 0.1) is 10.1 Å². The Morgan fingerprint density at radius 3 is 2.54 bits per heavy atom. The van der Waals surface area contributed by atoms with E-state index in [-0.39, 0.29) is 23.9 Å². The minimum atomic E-state index is -0.533. The first-order chi connectivity index (χ1) is 13.6. The van der Waals surface area contributed by atoms with E-state index in [1.54, 1.807) is 24.3 Å². The number of amides is 1. The fourth-order valence-corrected chi connectivity index (χ4v) is 2.97. The number of nitro groups is 1. The van der Waals surface area contributed by atoms with E-state index in [4.69, 9.17) is 4.74 Å². The van der Waals surface area contributed by atoms with Gasteiger partial charge >= 0.3 is 5.69 Å². The van der Waals surface area contributed by atoms with E-state index >= 15 is 0 Å². The third kappa shape index (κ3) is 5.06. The van der Waals surface area contributed by atoms with Gasteiger partial charge in [0, 0.05) is 13.1 Å². The molecular formula is C18H22N6O4. The molecule has 1 aromatic carbocycles. The molecular weight excluding hydrogens is 364 g/mol. The summed E-state index contributed by atoms with van der Waals surface area (Å²) >= 11 is 0. The van der Waals surface area contributed by atoms with Gasteiger partial charge in [0.15, 0.2) is 6.61 Å². The second-order valence-corrected chi connectivity index (χ2v) is 6.33. The summed E-state index contributed by atoms with van der Waals surface area (Å²) in [7, 11) is 0. The smallest absolute Gasteiger partial charge is 0.355 e. The molecule has 148 valence electrons. The summed E-state index contributed by atoms with van der Waals surface area (Å²) in [5.74, 6) is 0.258. The Morgan fingerprint density at radius 2 is 1.86 bits per heavy atom. The maximum absolute atomic E-state index is 12.0. The Morgan fingerprint density at radius 1 is 1.14 bits per heavy atom. The van der Waals surface area contributed by atoms with E-state index in [0.717, 1.165) is 25.7 Å². The number of carbonyl (C=O) groups is 1. The zero-order chi connectivity index (χ0) is 19.8. The van der Waals surface area contributed by atoms with Crippen molar-refractivity contribution in [1.29, 1.82) is 0 Å². The summed E-state index contributed by atoms with van der Waals surface area (Å²) in [5.41, 5.74) is 4.65. The molecule has 1 aromatic heterocycles. The van der Waals surface area contributed by atoms with Gasteiger partial charge in [-0.3, -0.25) is 25.8 Å². The van der Waals surface area contributed by atoms with E-state index < -0.39 is 10.8 Å². The number of rotatable bonds is 7. The standard InChI is InChI=1S/C18H22N6O4/c25-15(12-28-14-8-4-3-5-9-14)21-22-17-16(24(26)27)18(20-13-19-17)23-10-6-1-2-7-11-23/h3-5,8-9,13H,1-2,6-7,10-12H2,(H,21,25)(H,19,20,22). The van der Waals surface area contributed by atoms with Gasteiger partial charge in [-0.2, -0.15) is 0 Å². The van der Waals surface area contributed by atoms with Crippen LogP contribution >= 0.6 is 0 Å². The SMILES string of the molecule is O=C(COc1ccccc1)NNc1ncnc(N2CCCCCC2)c1[N+](=O)[O-]. The van der Waals surface area contributed by atoms with Crippen LogP contribution in [0.2, 0.25) is 0 Å². The number of ether oxygens (including phenoxy) is 1. The summed E-state index contributed by atoms with van der Waals surface area (Å²) < 4.78 is 5.34.